The van der Waals surface area contributed by atoms with Gasteiger partial charge in [0.2, 0.25) is 0 Å². The molecule has 0 saturated carbocycles. The lowest BCUT2D eigenvalue weighted by Crippen LogP contribution is -2.41. The van der Waals surface area contributed by atoms with Gasteiger partial charge in [-0.05, 0) is 33.6 Å². The van der Waals surface area contributed by atoms with E-state index in [-0.39, 0.29) is 17.1 Å². The zero-order valence-electron chi connectivity index (χ0n) is 10.4. The van der Waals surface area contributed by atoms with Gasteiger partial charge in [0.25, 0.3) is 0 Å². The van der Waals surface area contributed by atoms with Crippen molar-refractivity contribution in [3.8, 4) is 0 Å². The Morgan fingerprint density at radius 2 is 2.06 bits per heavy atom. The number of hydrogen-bond donors (Lipinski definition) is 1. The largest absolute Gasteiger partial charge is 0.376 e. The van der Waals surface area contributed by atoms with E-state index in [0.29, 0.717) is 12.6 Å². The lowest BCUT2D eigenvalue weighted by atomic mass is 10.0. The molecule has 1 heterocycles. The lowest BCUT2D eigenvalue weighted by Gasteiger charge is -2.27. The monoisotopic (exact) mass is 249 g/mol. The van der Waals surface area contributed by atoms with E-state index in [1.54, 1.807) is 13.8 Å². The van der Waals surface area contributed by atoms with Crippen molar-refractivity contribution >= 4 is 9.84 Å². The van der Waals surface area contributed by atoms with Crippen LogP contribution in [-0.4, -0.2) is 44.7 Å². The normalized spacial score (nSPS) is 27.2. The maximum absolute atomic E-state index is 11.5. The maximum Gasteiger partial charge on any atom is 0.154 e. The Bertz CT molecular complexity index is 292. The fourth-order valence-electron chi connectivity index (χ4n) is 1.68. The summed E-state index contributed by atoms with van der Waals surface area (Å²) in [7, 11) is -2.96. The first-order valence-electron chi connectivity index (χ1n) is 5.98. The fourth-order valence-corrected chi connectivity index (χ4v) is 2.48. The van der Waals surface area contributed by atoms with Crippen molar-refractivity contribution in [3.05, 3.63) is 0 Å². The fraction of sp³-hybridized carbons (Fsp3) is 1.00. The molecule has 0 aliphatic carbocycles. The molecule has 16 heavy (non-hydrogen) atoms. The van der Waals surface area contributed by atoms with Gasteiger partial charge < -0.3 is 10.1 Å². The number of piperidine rings is 1. The van der Waals surface area contributed by atoms with Crippen molar-refractivity contribution in [3.63, 3.8) is 0 Å². The summed E-state index contributed by atoms with van der Waals surface area (Å²) in [5, 5.41) is 3.02. The average Bonchev–Trinajstić information content (AvgIpc) is 2.20. The minimum absolute atomic E-state index is 0.136. The first-order chi connectivity index (χ1) is 7.42. The van der Waals surface area contributed by atoms with Crippen LogP contribution in [0.2, 0.25) is 0 Å². The van der Waals surface area contributed by atoms with Crippen molar-refractivity contribution in [1.29, 1.82) is 0 Å². The Morgan fingerprint density at radius 1 is 1.38 bits per heavy atom. The predicted molar refractivity (Wildman–Crippen MR) is 65.4 cm³/mol. The van der Waals surface area contributed by atoms with Gasteiger partial charge in [-0.2, -0.15) is 0 Å². The second-order valence-electron chi connectivity index (χ2n) is 4.80. The first-order valence-corrected chi connectivity index (χ1v) is 7.70. The molecule has 1 saturated heterocycles. The molecule has 1 N–H and O–H groups in total. The summed E-state index contributed by atoms with van der Waals surface area (Å²) in [4.78, 5) is 0. The summed E-state index contributed by atoms with van der Waals surface area (Å²) in [6.07, 6.45) is 2.30. The van der Waals surface area contributed by atoms with Gasteiger partial charge in [0.1, 0.15) is 0 Å². The second-order valence-corrected chi connectivity index (χ2v) is 7.47. The minimum Gasteiger partial charge on any atom is -0.376 e. The van der Waals surface area contributed by atoms with Crippen LogP contribution in [-0.2, 0) is 14.6 Å². The van der Waals surface area contributed by atoms with E-state index >= 15 is 0 Å². The smallest absolute Gasteiger partial charge is 0.154 e. The molecule has 5 heteroatoms. The van der Waals surface area contributed by atoms with E-state index in [9.17, 15) is 8.42 Å². The van der Waals surface area contributed by atoms with Crippen molar-refractivity contribution in [2.24, 2.45) is 0 Å². The Hall–Kier alpha value is -0.130. The number of ether oxygens (including phenoxy) is 1. The number of hydrogen-bond acceptors (Lipinski definition) is 4. The van der Waals surface area contributed by atoms with Gasteiger partial charge in [0.15, 0.2) is 9.84 Å². The van der Waals surface area contributed by atoms with Crippen LogP contribution >= 0.6 is 0 Å². The SMILES string of the molecule is CC1CCC(OCCS(=O)(=O)C(C)C)CN1. The maximum atomic E-state index is 11.5. The number of nitrogens with one attached hydrogen (secondary N) is 1. The van der Waals surface area contributed by atoms with Crippen LogP contribution in [0, 0.1) is 0 Å². The number of sulfone groups is 1. The zero-order valence-corrected chi connectivity index (χ0v) is 11.2. The van der Waals surface area contributed by atoms with E-state index in [0.717, 1.165) is 19.4 Å². The molecule has 0 amide bonds. The molecule has 1 rings (SSSR count). The lowest BCUT2D eigenvalue weighted by molar-refractivity contribution is 0.0400. The molecule has 1 aliphatic rings. The van der Waals surface area contributed by atoms with Crippen LogP contribution in [0.4, 0.5) is 0 Å². The van der Waals surface area contributed by atoms with Crippen LogP contribution in [0.15, 0.2) is 0 Å². The summed E-state index contributed by atoms with van der Waals surface area (Å²) >= 11 is 0. The molecule has 96 valence electrons. The van der Waals surface area contributed by atoms with Gasteiger partial charge in [0.05, 0.1) is 23.7 Å². The second kappa shape index (κ2) is 5.98. The third-order valence-electron chi connectivity index (χ3n) is 3.06. The summed E-state index contributed by atoms with van der Waals surface area (Å²) in [6, 6.07) is 0.555. The zero-order chi connectivity index (χ0) is 12.2. The molecule has 0 aromatic carbocycles. The van der Waals surface area contributed by atoms with Crippen molar-refractivity contribution in [1.82, 2.24) is 5.32 Å². The quantitative estimate of drug-likeness (QED) is 0.789. The molecule has 0 aromatic rings. The molecule has 1 aliphatic heterocycles. The van der Waals surface area contributed by atoms with Gasteiger partial charge >= 0.3 is 0 Å². The molecular weight excluding hydrogens is 226 g/mol. The van der Waals surface area contributed by atoms with Crippen molar-refractivity contribution in [2.45, 2.75) is 51.0 Å². The van der Waals surface area contributed by atoms with Crippen molar-refractivity contribution in [2.75, 3.05) is 18.9 Å². The van der Waals surface area contributed by atoms with Crippen molar-refractivity contribution < 1.29 is 13.2 Å². The van der Waals surface area contributed by atoms with Crippen LogP contribution < -0.4 is 5.32 Å². The topological polar surface area (TPSA) is 55.4 Å². The summed E-state index contributed by atoms with van der Waals surface area (Å²) in [6.45, 7) is 6.72. The standard InChI is InChI=1S/C11H23NO3S/c1-9(2)16(13,14)7-6-15-11-5-4-10(3)12-8-11/h9-12H,4-8H2,1-3H3. The van der Waals surface area contributed by atoms with E-state index in [2.05, 4.69) is 12.2 Å². The Labute approximate surface area is 98.7 Å². The highest BCUT2D eigenvalue weighted by atomic mass is 32.2. The highest BCUT2D eigenvalue weighted by Gasteiger charge is 2.20. The van der Waals surface area contributed by atoms with Crippen LogP contribution in [0.25, 0.3) is 0 Å². The van der Waals surface area contributed by atoms with Crippen LogP contribution in [0.1, 0.15) is 33.6 Å². The Morgan fingerprint density at radius 3 is 2.56 bits per heavy atom. The summed E-state index contributed by atoms with van der Waals surface area (Å²) < 4.78 is 28.6. The van der Waals surface area contributed by atoms with E-state index in [1.165, 1.54) is 0 Å². The average molecular weight is 249 g/mol. The van der Waals surface area contributed by atoms with E-state index in [1.807, 2.05) is 0 Å². The minimum atomic E-state index is -2.96. The highest BCUT2D eigenvalue weighted by Crippen LogP contribution is 2.11. The summed E-state index contributed by atoms with van der Waals surface area (Å²) in [5.74, 6) is 0.136. The third-order valence-corrected chi connectivity index (χ3v) is 5.23. The molecule has 2 unspecified atom stereocenters. The van der Waals surface area contributed by atoms with E-state index in [4.69, 9.17) is 4.74 Å². The summed E-state index contributed by atoms with van der Waals surface area (Å²) in [5.41, 5.74) is 0. The molecule has 0 bridgehead atoms. The Kier molecular flexibility index (Phi) is 5.21. The van der Waals surface area contributed by atoms with Gasteiger partial charge in [-0.1, -0.05) is 0 Å². The van der Waals surface area contributed by atoms with Crippen LogP contribution in [0.3, 0.4) is 0 Å². The molecule has 0 radical (unpaired) electrons. The predicted octanol–water partition coefficient (Wildman–Crippen LogP) is 0.967. The Balaban J connectivity index is 2.21. The van der Waals surface area contributed by atoms with Crippen LogP contribution in [0.5, 0.6) is 0 Å². The molecule has 0 spiro atoms. The number of rotatable bonds is 5. The third kappa shape index (κ3) is 4.39. The molecule has 4 nitrogen and oxygen atoms in total. The molecule has 2 atom stereocenters. The molecule has 1 fully saturated rings. The first kappa shape index (κ1) is 13.9. The van der Waals surface area contributed by atoms with Gasteiger partial charge in [0, 0.05) is 12.6 Å². The van der Waals surface area contributed by atoms with Gasteiger partial charge in [-0.3, -0.25) is 0 Å². The molecular formula is C11H23NO3S. The van der Waals surface area contributed by atoms with Gasteiger partial charge in [-0.15, -0.1) is 0 Å². The highest BCUT2D eigenvalue weighted by molar-refractivity contribution is 7.91. The van der Waals surface area contributed by atoms with E-state index < -0.39 is 9.84 Å². The van der Waals surface area contributed by atoms with Gasteiger partial charge in [-0.25, -0.2) is 8.42 Å². The molecule has 0 aromatic heterocycles.